The Morgan fingerprint density at radius 3 is 2.92 bits per heavy atom. The third kappa shape index (κ3) is 3.90. The number of fused-ring (bicyclic) bond motifs is 1. The molecule has 1 fully saturated rings. The van der Waals surface area contributed by atoms with Crippen molar-refractivity contribution in [2.75, 3.05) is 26.3 Å². The molecular formula is C19H27N3O2. The molecule has 0 bridgehead atoms. The van der Waals surface area contributed by atoms with Crippen LogP contribution in [0.4, 0.5) is 0 Å². The van der Waals surface area contributed by atoms with Crippen LogP contribution in [0.3, 0.4) is 0 Å². The Morgan fingerprint density at radius 1 is 1.38 bits per heavy atom. The third-order valence-electron chi connectivity index (χ3n) is 4.49. The van der Waals surface area contributed by atoms with Crippen LogP contribution in [0.15, 0.2) is 39.7 Å². The minimum Gasteiger partial charge on any atom is -0.459 e. The molecule has 3 rings (SSSR count). The zero-order valence-corrected chi connectivity index (χ0v) is 14.8. The van der Waals surface area contributed by atoms with Crippen molar-refractivity contribution in [2.45, 2.75) is 33.2 Å². The lowest BCUT2D eigenvalue weighted by Gasteiger charge is -2.21. The van der Waals surface area contributed by atoms with Crippen molar-refractivity contribution in [1.82, 2.24) is 10.6 Å². The average Bonchev–Trinajstić information content (AvgIpc) is 3.19. The standard InChI is InChI=1S/C19H27N3O2/c1-4-20-18(21-12-19(3)9-10-23-13-19)22-14(2)17-11-15-7-5-6-8-16(15)24-17/h5-8,11,14H,4,9-10,12-13H2,1-3H3,(H2,20,21,22). The fourth-order valence-corrected chi connectivity index (χ4v) is 2.92. The summed E-state index contributed by atoms with van der Waals surface area (Å²) < 4.78 is 11.5. The van der Waals surface area contributed by atoms with E-state index in [1.807, 2.05) is 18.2 Å². The van der Waals surface area contributed by atoms with Crippen molar-refractivity contribution in [1.29, 1.82) is 0 Å². The molecule has 1 aliphatic rings. The summed E-state index contributed by atoms with van der Waals surface area (Å²) >= 11 is 0. The summed E-state index contributed by atoms with van der Waals surface area (Å²) in [6.07, 6.45) is 1.06. The Kier molecular flexibility index (Phi) is 5.09. The van der Waals surface area contributed by atoms with Gasteiger partial charge in [0.25, 0.3) is 0 Å². The van der Waals surface area contributed by atoms with Crippen molar-refractivity contribution in [3.05, 3.63) is 36.1 Å². The van der Waals surface area contributed by atoms with E-state index in [0.29, 0.717) is 0 Å². The molecule has 1 saturated heterocycles. The van der Waals surface area contributed by atoms with E-state index in [1.54, 1.807) is 0 Å². The average molecular weight is 329 g/mol. The predicted octanol–water partition coefficient (Wildman–Crippen LogP) is 3.48. The number of guanidine groups is 1. The van der Waals surface area contributed by atoms with Crippen LogP contribution in [-0.2, 0) is 4.74 Å². The highest BCUT2D eigenvalue weighted by atomic mass is 16.5. The molecular weight excluding hydrogens is 302 g/mol. The number of nitrogens with zero attached hydrogens (tertiary/aromatic N) is 1. The molecule has 2 N–H and O–H groups in total. The maximum Gasteiger partial charge on any atom is 0.191 e. The van der Waals surface area contributed by atoms with Crippen LogP contribution < -0.4 is 10.6 Å². The van der Waals surface area contributed by atoms with Crippen LogP contribution >= 0.6 is 0 Å². The Hall–Kier alpha value is -2.01. The van der Waals surface area contributed by atoms with Gasteiger partial charge in [-0.25, -0.2) is 0 Å². The smallest absolute Gasteiger partial charge is 0.191 e. The predicted molar refractivity (Wildman–Crippen MR) is 97.3 cm³/mol. The summed E-state index contributed by atoms with van der Waals surface area (Å²) in [4.78, 5) is 4.76. The van der Waals surface area contributed by atoms with E-state index in [2.05, 4.69) is 43.5 Å². The number of hydrogen-bond donors (Lipinski definition) is 2. The highest BCUT2D eigenvalue weighted by molar-refractivity contribution is 5.81. The Morgan fingerprint density at radius 2 is 2.21 bits per heavy atom. The summed E-state index contributed by atoms with van der Waals surface area (Å²) in [6, 6.07) is 10.2. The maximum absolute atomic E-state index is 5.94. The molecule has 2 atom stereocenters. The summed E-state index contributed by atoms with van der Waals surface area (Å²) in [5, 5.41) is 7.88. The lowest BCUT2D eigenvalue weighted by Crippen LogP contribution is -2.39. The third-order valence-corrected chi connectivity index (χ3v) is 4.49. The molecule has 24 heavy (non-hydrogen) atoms. The largest absolute Gasteiger partial charge is 0.459 e. The monoisotopic (exact) mass is 329 g/mol. The van der Waals surface area contributed by atoms with Gasteiger partial charge in [-0.15, -0.1) is 0 Å². The quantitative estimate of drug-likeness (QED) is 0.651. The number of aliphatic imine (C=N–C) groups is 1. The second kappa shape index (κ2) is 7.26. The number of hydrogen-bond acceptors (Lipinski definition) is 3. The second-order valence-corrected chi connectivity index (χ2v) is 6.86. The summed E-state index contributed by atoms with van der Waals surface area (Å²) in [6.45, 7) is 9.60. The molecule has 0 spiro atoms. The first-order valence-corrected chi connectivity index (χ1v) is 8.71. The Labute approximate surface area is 143 Å². The number of benzene rings is 1. The van der Waals surface area contributed by atoms with Crippen molar-refractivity contribution in [2.24, 2.45) is 10.4 Å². The van der Waals surface area contributed by atoms with E-state index in [0.717, 1.165) is 55.4 Å². The van der Waals surface area contributed by atoms with E-state index < -0.39 is 0 Å². The fraction of sp³-hybridized carbons (Fsp3) is 0.526. The Balaban J connectivity index is 1.69. The Bertz CT molecular complexity index is 668. The van der Waals surface area contributed by atoms with Gasteiger partial charge < -0.3 is 19.8 Å². The molecule has 130 valence electrons. The molecule has 5 nitrogen and oxygen atoms in total. The van der Waals surface area contributed by atoms with Gasteiger partial charge in [-0.2, -0.15) is 0 Å². The van der Waals surface area contributed by atoms with Crippen LogP contribution in [0.1, 0.15) is 39.0 Å². The minimum atomic E-state index is 0.0443. The zero-order valence-electron chi connectivity index (χ0n) is 14.8. The van der Waals surface area contributed by atoms with E-state index in [1.165, 1.54) is 0 Å². The molecule has 1 aromatic heterocycles. The van der Waals surface area contributed by atoms with Crippen LogP contribution in [0, 0.1) is 5.41 Å². The van der Waals surface area contributed by atoms with Gasteiger partial charge in [0.1, 0.15) is 11.3 Å². The van der Waals surface area contributed by atoms with E-state index in [4.69, 9.17) is 14.1 Å². The van der Waals surface area contributed by atoms with Gasteiger partial charge in [0.15, 0.2) is 5.96 Å². The normalized spacial score (nSPS) is 22.7. The molecule has 0 aliphatic carbocycles. The minimum absolute atomic E-state index is 0.0443. The molecule has 5 heteroatoms. The summed E-state index contributed by atoms with van der Waals surface area (Å²) in [5.74, 6) is 1.73. The van der Waals surface area contributed by atoms with Crippen molar-refractivity contribution >= 4 is 16.9 Å². The van der Waals surface area contributed by atoms with Gasteiger partial charge in [0.2, 0.25) is 0 Å². The lowest BCUT2D eigenvalue weighted by molar-refractivity contribution is 0.163. The fourth-order valence-electron chi connectivity index (χ4n) is 2.92. The number of nitrogens with one attached hydrogen (secondary N) is 2. The molecule has 0 radical (unpaired) electrons. The van der Waals surface area contributed by atoms with Gasteiger partial charge in [0.05, 0.1) is 19.2 Å². The highest BCUT2D eigenvalue weighted by Gasteiger charge is 2.29. The van der Waals surface area contributed by atoms with Crippen LogP contribution in [-0.4, -0.2) is 32.3 Å². The SMILES string of the molecule is CCNC(=NCC1(C)CCOC1)NC(C)c1cc2ccccc2o1. The van der Waals surface area contributed by atoms with Gasteiger partial charge in [-0.1, -0.05) is 25.1 Å². The first-order valence-electron chi connectivity index (χ1n) is 8.71. The topological polar surface area (TPSA) is 58.8 Å². The van der Waals surface area contributed by atoms with E-state index >= 15 is 0 Å². The molecule has 2 unspecified atom stereocenters. The number of furan rings is 1. The first-order chi connectivity index (χ1) is 11.6. The van der Waals surface area contributed by atoms with Crippen molar-refractivity contribution < 1.29 is 9.15 Å². The summed E-state index contributed by atoms with van der Waals surface area (Å²) in [5.41, 5.74) is 1.06. The van der Waals surface area contributed by atoms with E-state index in [-0.39, 0.29) is 11.5 Å². The van der Waals surface area contributed by atoms with Gasteiger partial charge in [-0.05, 0) is 32.4 Å². The molecule has 1 aromatic carbocycles. The van der Waals surface area contributed by atoms with Crippen molar-refractivity contribution in [3.63, 3.8) is 0 Å². The zero-order chi connectivity index (χ0) is 17.0. The summed E-state index contributed by atoms with van der Waals surface area (Å²) in [7, 11) is 0. The molecule has 2 aromatic rings. The van der Waals surface area contributed by atoms with Crippen LogP contribution in [0.5, 0.6) is 0 Å². The van der Waals surface area contributed by atoms with Gasteiger partial charge in [0, 0.05) is 24.0 Å². The highest BCUT2D eigenvalue weighted by Crippen LogP contribution is 2.28. The molecule has 0 amide bonds. The molecule has 0 saturated carbocycles. The number of ether oxygens (including phenoxy) is 1. The maximum atomic E-state index is 5.94. The molecule has 1 aliphatic heterocycles. The van der Waals surface area contributed by atoms with E-state index in [9.17, 15) is 0 Å². The number of para-hydroxylation sites is 1. The number of rotatable bonds is 5. The lowest BCUT2D eigenvalue weighted by atomic mass is 9.90. The van der Waals surface area contributed by atoms with Crippen molar-refractivity contribution in [3.8, 4) is 0 Å². The second-order valence-electron chi connectivity index (χ2n) is 6.86. The van der Waals surface area contributed by atoms with Gasteiger partial charge in [-0.3, -0.25) is 4.99 Å². The van der Waals surface area contributed by atoms with Crippen LogP contribution in [0.2, 0.25) is 0 Å². The van der Waals surface area contributed by atoms with Crippen LogP contribution in [0.25, 0.3) is 11.0 Å². The first kappa shape index (κ1) is 16.8. The van der Waals surface area contributed by atoms with Gasteiger partial charge >= 0.3 is 0 Å². The molecule has 2 heterocycles.